The molecule has 0 saturated carbocycles. The minimum absolute atomic E-state index is 0.521. The van der Waals surface area contributed by atoms with Gasteiger partial charge in [0.2, 0.25) is 0 Å². The highest BCUT2D eigenvalue weighted by atomic mass is 16.5. The monoisotopic (exact) mass is 334 g/mol. The standard InChI is InChI=1S/C19H30N2O3/c1-22-18-11-17(12-19(13-18)23-2)20-16-3-7-21(8-4-16)14-15-5-9-24-10-6-15/h11-13,15-16,20H,3-10,14H2,1-2H3. The zero-order chi connectivity index (χ0) is 16.8. The van der Waals surface area contributed by atoms with Gasteiger partial charge in [-0.3, -0.25) is 0 Å². The second-order valence-corrected chi connectivity index (χ2v) is 6.88. The van der Waals surface area contributed by atoms with Crippen LogP contribution >= 0.6 is 0 Å². The van der Waals surface area contributed by atoms with E-state index in [1.54, 1.807) is 14.2 Å². The Bertz CT molecular complexity index is 487. The van der Waals surface area contributed by atoms with E-state index in [1.807, 2.05) is 18.2 Å². The molecule has 5 heteroatoms. The number of likely N-dealkylation sites (tertiary alicyclic amines) is 1. The summed E-state index contributed by atoms with van der Waals surface area (Å²) in [6.07, 6.45) is 4.81. The fourth-order valence-electron chi connectivity index (χ4n) is 3.68. The van der Waals surface area contributed by atoms with Gasteiger partial charge in [0.1, 0.15) is 11.5 Å². The SMILES string of the molecule is COc1cc(NC2CCN(CC3CCOCC3)CC2)cc(OC)c1. The lowest BCUT2D eigenvalue weighted by Gasteiger charge is -2.36. The Morgan fingerprint density at radius 3 is 2.21 bits per heavy atom. The molecule has 0 atom stereocenters. The average molecular weight is 334 g/mol. The van der Waals surface area contributed by atoms with Crippen molar-refractivity contribution in [3.63, 3.8) is 0 Å². The third-order valence-corrected chi connectivity index (χ3v) is 5.17. The summed E-state index contributed by atoms with van der Waals surface area (Å²) in [5.41, 5.74) is 1.08. The number of nitrogens with zero attached hydrogens (tertiary/aromatic N) is 1. The summed E-state index contributed by atoms with van der Waals surface area (Å²) in [5.74, 6) is 2.48. The van der Waals surface area contributed by atoms with Crippen LogP contribution in [0.1, 0.15) is 25.7 Å². The number of hydrogen-bond donors (Lipinski definition) is 1. The molecule has 1 N–H and O–H groups in total. The molecule has 2 aliphatic heterocycles. The highest BCUT2D eigenvalue weighted by Gasteiger charge is 2.23. The second kappa shape index (κ2) is 8.58. The van der Waals surface area contributed by atoms with E-state index in [4.69, 9.17) is 14.2 Å². The van der Waals surface area contributed by atoms with Crippen LogP contribution in [0.5, 0.6) is 11.5 Å². The van der Waals surface area contributed by atoms with Crippen molar-refractivity contribution in [1.82, 2.24) is 4.90 Å². The van der Waals surface area contributed by atoms with E-state index < -0.39 is 0 Å². The van der Waals surface area contributed by atoms with Crippen LogP contribution in [0.3, 0.4) is 0 Å². The third-order valence-electron chi connectivity index (χ3n) is 5.17. The summed E-state index contributed by atoms with van der Waals surface area (Å²) in [5, 5.41) is 3.65. The number of rotatable bonds is 6. The number of nitrogens with one attached hydrogen (secondary N) is 1. The van der Waals surface area contributed by atoms with Gasteiger partial charge in [0.05, 0.1) is 14.2 Å². The number of anilines is 1. The summed E-state index contributed by atoms with van der Waals surface area (Å²) in [6, 6.07) is 6.50. The predicted octanol–water partition coefficient (Wildman–Crippen LogP) is 3.01. The molecule has 2 saturated heterocycles. The number of benzene rings is 1. The first kappa shape index (κ1) is 17.4. The van der Waals surface area contributed by atoms with E-state index in [0.717, 1.165) is 36.3 Å². The van der Waals surface area contributed by atoms with Crippen molar-refractivity contribution < 1.29 is 14.2 Å². The molecule has 1 aromatic carbocycles. The van der Waals surface area contributed by atoms with Gasteiger partial charge >= 0.3 is 0 Å². The van der Waals surface area contributed by atoms with Crippen LogP contribution in [0.15, 0.2) is 18.2 Å². The Hall–Kier alpha value is -1.46. The Kier molecular flexibility index (Phi) is 6.21. The molecular weight excluding hydrogens is 304 g/mol. The fourth-order valence-corrected chi connectivity index (χ4v) is 3.68. The van der Waals surface area contributed by atoms with Crippen LogP contribution in [0.4, 0.5) is 5.69 Å². The molecule has 2 heterocycles. The van der Waals surface area contributed by atoms with Crippen molar-refractivity contribution in [2.24, 2.45) is 5.92 Å². The van der Waals surface area contributed by atoms with E-state index in [2.05, 4.69) is 10.2 Å². The molecule has 0 unspecified atom stereocenters. The third kappa shape index (κ3) is 4.77. The molecule has 0 amide bonds. The van der Waals surface area contributed by atoms with Gasteiger partial charge in [-0.25, -0.2) is 0 Å². The fraction of sp³-hybridized carbons (Fsp3) is 0.684. The van der Waals surface area contributed by atoms with E-state index in [9.17, 15) is 0 Å². The maximum atomic E-state index is 5.46. The summed E-state index contributed by atoms with van der Waals surface area (Å²) in [4.78, 5) is 2.63. The van der Waals surface area contributed by atoms with Gasteiger partial charge in [-0.05, 0) is 31.6 Å². The van der Waals surface area contributed by atoms with E-state index in [0.29, 0.717) is 6.04 Å². The Balaban J connectivity index is 1.48. The quantitative estimate of drug-likeness (QED) is 0.866. The largest absolute Gasteiger partial charge is 0.497 e. The van der Waals surface area contributed by atoms with Crippen LogP contribution < -0.4 is 14.8 Å². The van der Waals surface area contributed by atoms with Gasteiger partial charge in [0.25, 0.3) is 0 Å². The number of piperidine rings is 1. The van der Waals surface area contributed by atoms with E-state index >= 15 is 0 Å². The van der Waals surface area contributed by atoms with Crippen molar-refractivity contribution >= 4 is 5.69 Å². The van der Waals surface area contributed by atoms with Gasteiger partial charge in [0.15, 0.2) is 0 Å². The van der Waals surface area contributed by atoms with E-state index in [-0.39, 0.29) is 0 Å². The maximum Gasteiger partial charge on any atom is 0.124 e. The molecule has 134 valence electrons. The first-order valence-corrected chi connectivity index (χ1v) is 9.06. The van der Waals surface area contributed by atoms with Crippen LogP contribution in [0.2, 0.25) is 0 Å². The molecule has 1 aromatic rings. The lowest BCUT2D eigenvalue weighted by Crippen LogP contribution is -2.42. The maximum absolute atomic E-state index is 5.46. The van der Waals surface area contributed by atoms with Gasteiger partial charge < -0.3 is 24.4 Å². The molecule has 0 aromatic heterocycles. The van der Waals surface area contributed by atoms with Crippen LogP contribution in [0, 0.1) is 5.92 Å². The van der Waals surface area contributed by atoms with Crippen LogP contribution in [-0.4, -0.2) is 58.0 Å². The molecule has 5 nitrogen and oxygen atoms in total. The molecule has 0 spiro atoms. The van der Waals surface area contributed by atoms with Crippen LogP contribution in [0.25, 0.3) is 0 Å². The molecule has 2 fully saturated rings. The zero-order valence-electron chi connectivity index (χ0n) is 14.9. The normalized spacial score (nSPS) is 20.8. The number of ether oxygens (including phenoxy) is 3. The van der Waals surface area contributed by atoms with E-state index in [1.165, 1.54) is 45.3 Å². The first-order valence-electron chi connectivity index (χ1n) is 9.06. The molecule has 0 aliphatic carbocycles. The summed E-state index contributed by atoms with van der Waals surface area (Å²) in [7, 11) is 3.38. The van der Waals surface area contributed by atoms with Gasteiger partial charge in [0, 0.05) is 62.8 Å². The highest BCUT2D eigenvalue weighted by molar-refractivity contribution is 5.54. The van der Waals surface area contributed by atoms with Gasteiger partial charge in [-0.2, -0.15) is 0 Å². The van der Waals surface area contributed by atoms with Gasteiger partial charge in [-0.1, -0.05) is 0 Å². The van der Waals surface area contributed by atoms with Crippen molar-refractivity contribution in [1.29, 1.82) is 0 Å². The number of methoxy groups -OCH3 is 2. The lowest BCUT2D eigenvalue weighted by atomic mass is 9.97. The topological polar surface area (TPSA) is 43.0 Å². The highest BCUT2D eigenvalue weighted by Crippen LogP contribution is 2.28. The lowest BCUT2D eigenvalue weighted by molar-refractivity contribution is 0.0492. The molecular formula is C19H30N2O3. The zero-order valence-corrected chi connectivity index (χ0v) is 14.9. The predicted molar refractivity (Wildman–Crippen MR) is 96.2 cm³/mol. The Morgan fingerprint density at radius 2 is 1.62 bits per heavy atom. The molecule has 0 radical (unpaired) electrons. The molecule has 24 heavy (non-hydrogen) atoms. The van der Waals surface area contributed by atoms with Crippen molar-refractivity contribution in [2.75, 3.05) is 52.4 Å². The Labute approximate surface area is 145 Å². The molecule has 0 bridgehead atoms. The second-order valence-electron chi connectivity index (χ2n) is 6.88. The average Bonchev–Trinajstić information content (AvgIpc) is 2.64. The minimum Gasteiger partial charge on any atom is -0.497 e. The van der Waals surface area contributed by atoms with Crippen molar-refractivity contribution in [3.05, 3.63) is 18.2 Å². The smallest absolute Gasteiger partial charge is 0.124 e. The van der Waals surface area contributed by atoms with Gasteiger partial charge in [-0.15, -0.1) is 0 Å². The van der Waals surface area contributed by atoms with Crippen LogP contribution in [-0.2, 0) is 4.74 Å². The Morgan fingerprint density at radius 1 is 1.00 bits per heavy atom. The number of hydrogen-bond acceptors (Lipinski definition) is 5. The van der Waals surface area contributed by atoms with Crippen molar-refractivity contribution in [3.8, 4) is 11.5 Å². The summed E-state index contributed by atoms with van der Waals surface area (Å²) >= 11 is 0. The summed E-state index contributed by atoms with van der Waals surface area (Å²) in [6.45, 7) is 5.48. The minimum atomic E-state index is 0.521. The first-order chi connectivity index (χ1) is 11.8. The molecule has 3 rings (SSSR count). The summed E-state index contributed by atoms with van der Waals surface area (Å²) < 4.78 is 16.2. The molecule has 2 aliphatic rings. The van der Waals surface area contributed by atoms with Crippen molar-refractivity contribution in [2.45, 2.75) is 31.7 Å².